The fraction of sp³-hybridized carbons (Fsp3) is 0.600. The molecule has 3 heterocycles. The number of aromatic nitrogens is 4. The quantitative estimate of drug-likeness (QED) is 0.905. The van der Waals surface area contributed by atoms with Gasteiger partial charge in [-0.25, -0.2) is 4.98 Å². The molecular formula is C15H19F3N6O. The van der Waals surface area contributed by atoms with E-state index in [1.54, 1.807) is 4.90 Å². The molecule has 0 bridgehead atoms. The van der Waals surface area contributed by atoms with Crippen molar-refractivity contribution in [1.29, 1.82) is 0 Å². The fourth-order valence-corrected chi connectivity index (χ4v) is 2.96. The van der Waals surface area contributed by atoms with Crippen LogP contribution in [-0.4, -0.2) is 45.1 Å². The molecule has 0 saturated carbocycles. The van der Waals surface area contributed by atoms with Crippen molar-refractivity contribution in [2.24, 2.45) is 5.92 Å². The van der Waals surface area contributed by atoms with Crippen LogP contribution in [0.4, 0.5) is 19.0 Å². The number of carbonyl (C=O) groups excluding carboxylic acids is 1. The number of piperidine rings is 1. The third kappa shape index (κ3) is 3.67. The number of nitrogens with zero attached hydrogens (tertiary/aromatic N) is 5. The summed E-state index contributed by atoms with van der Waals surface area (Å²) in [5.74, 6) is -0.182. The molecule has 10 heteroatoms. The number of fused-ring (bicyclic) bond motifs is 1. The van der Waals surface area contributed by atoms with Gasteiger partial charge in [0.2, 0.25) is 5.91 Å². The Morgan fingerprint density at radius 1 is 1.44 bits per heavy atom. The summed E-state index contributed by atoms with van der Waals surface area (Å²) in [7, 11) is 0. The van der Waals surface area contributed by atoms with Crippen LogP contribution in [0.15, 0.2) is 12.4 Å². The van der Waals surface area contributed by atoms with Crippen LogP contribution in [0, 0.1) is 5.92 Å². The summed E-state index contributed by atoms with van der Waals surface area (Å²) >= 11 is 0. The summed E-state index contributed by atoms with van der Waals surface area (Å²) in [6, 6.07) is 0.966. The lowest BCUT2D eigenvalue weighted by Gasteiger charge is -2.33. The van der Waals surface area contributed by atoms with Gasteiger partial charge < -0.3 is 10.2 Å². The van der Waals surface area contributed by atoms with E-state index in [4.69, 9.17) is 0 Å². The maximum atomic E-state index is 13.1. The molecule has 1 fully saturated rings. The van der Waals surface area contributed by atoms with Crippen molar-refractivity contribution in [3.8, 4) is 0 Å². The van der Waals surface area contributed by atoms with Crippen molar-refractivity contribution in [1.82, 2.24) is 24.9 Å². The average Bonchev–Trinajstić information content (AvgIpc) is 3.06. The smallest absolute Gasteiger partial charge is 0.356 e. The van der Waals surface area contributed by atoms with Crippen molar-refractivity contribution < 1.29 is 18.0 Å². The normalized spacial score (nSPS) is 18.6. The van der Waals surface area contributed by atoms with E-state index >= 15 is 0 Å². The highest BCUT2D eigenvalue weighted by atomic mass is 19.4. The van der Waals surface area contributed by atoms with Gasteiger partial charge in [-0.1, -0.05) is 6.92 Å². The SMILES string of the molecule is CCCNC(=O)C1CCCN(c2cc(C(F)(F)F)nc3ncnn23)C1. The predicted molar refractivity (Wildman–Crippen MR) is 84.0 cm³/mol. The molecule has 1 saturated heterocycles. The molecule has 1 unspecified atom stereocenters. The molecule has 2 aromatic rings. The van der Waals surface area contributed by atoms with Gasteiger partial charge in [0.05, 0.1) is 5.92 Å². The second-order valence-electron chi connectivity index (χ2n) is 6.05. The highest BCUT2D eigenvalue weighted by molar-refractivity contribution is 5.79. The Hall–Kier alpha value is -2.39. The van der Waals surface area contributed by atoms with E-state index < -0.39 is 11.9 Å². The minimum atomic E-state index is -4.57. The first-order chi connectivity index (χ1) is 11.9. The van der Waals surface area contributed by atoms with Crippen molar-refractivity contribution in [3.05, 3.63) is 18.1 Å². The highest BCUT2D eigenvalue weighted by Gasteiger charge is 2.35. The number of alkyl halides is 3. The Morgan fingerprint density at radius 2 is 2.24 bits per heavy atom. The van der Waals surface area contributed by atoms with Gasteiger partial charge in [0.15, 0.2) is 5.69 Å². The van der Waals surface area contributed by atoms with Gasteiger partial charge in [0.1, 0.15) is 12.1 Å². The molecule has 7 nitrogen and oxygen atoms in total. The molecule has 1 aliphatic heterocycles. The van der Waals surface area contributed by atoms with Crippen LogP contribution in [0.25, 0.3) is 5.78 Å². The van der Waals surface area contributed by atoms with Crippen LogP contribution in [0.5, 0.6) is 0 Å². The van der Waals surface area contributed by atoms with E-state index in [9.17, 15) is 18.0 Å². The first kappa shape index (κ1) is 17.4. The van der Waals surface area contributed by atoms with E-state index in [0.29, 0.717) is 32.5 Å². The third-order valence-electron chi connectivity index (χ3n) is 4.19. The molecule has 3 rings (SSSR count). The van der Waals surface area contributed by atoms with Crippen molar-refractivity contribution in [2.45, 2.75) is 32.4 Å². The molecule has 0 spiro atoms. The average molecular weight is 356 g/mol. The Morgan fingerprint density at radius 3 is 2.96 bits per heavy atom. The van der Waals surface area contributed by atoms with Crippen LogP contribution < -0.4 is 10.2 Å². The molecule has 1 N–H and O–H groups in total. The largest absolute Gasteiger partial charge is 0.433 e. The zero-order valence-electron chi connectivity index (χ0n) is 13.8. The fourth-order valence-electron chi connectivity index (χ4n) is 2.96. The third-order valence-corrected chi connectivity index (χ3v) is 4.19. The number of carbonyl (C=O) groups is 1. The topological polar surface area (TPSA) is 75.4 Å². The molecule has 1 amide bonds. The summed E-state index contributed by atoms with van der Waals surface area (Å²) < 4.78 is 40.6. The van der Waals surface area contributed by atoms with Gasteiger partial charge >= 0.3 is 6.18 Å². The second kappa shape index (κ2) is 6.85. The maximum absolute atomic E-state index is 13.1. The van der Waals surface area contributed by atoms with Crippen LogP contribution in [0.2, 0.25) is 0 Å². The van der Waals surface area contributed by atoms with Gasteiger partial charge in [-0.05, 0) is 19.3 Å². The molecule has 0 radical (unpaired) electrons. The van der Waals surface area contributed by atoms with Crippen molar-refractivity contribution in [2.75, 3.05) is 24.5 Å². The van der Waals surface area contributed by atoms with Gasteiger partial charge in [0, 0.05) is 25.7 Å². The minimum Gasteiger partial charge on any atom is -0.356 e. The second-order valence-corrected chi connectivity index (χ2v) is 6.05. The number of hydrogen-bond donors (Lipinski definition) is 1. The van der Waals surface area contributed by atoms with Crippen LogP contribution in [-0.2, 0) is 11.0 Å². The van der Waals surface area contributed by atoms with Gasteiger partial charge in [0.25, 0.3) is 5.78 Å². The number of nitrogens with one attached hydrogen (secondary N) is 1. The summed E-state index contributed by atoms with van der Waals surface area (Å²) in [6.07, 6.45) is -1.15. The predicted octanol–water partition coefficient (Wildman–Crippen LogP) is 1.89. The van der Waals surface area contributed by atoms with Gasteiger partial charge in [-0.2, -0.15) is 27.8 Å². The van der Waals surface area contributed by atoms with E-state index in [1.165, 1.54) is 10.8 Å². The zero-order chi connectivity index (χ0) is 18.0. The Kier molecular flexibility index (Phi) is 4.78. The molecule has 0 aliphatic carbocycles. The number of anilines is 1. The van der Waals surface area contributed by atoms with Crippen LogP contribution in [0.1, 0.15) is 31.9 Å². The number of amides is 1. The van der Waals surface area contributed by atoms with Crippen molar-refractivity contribution >= 4 is 17.5 Å². The molecular weight excluding hydrogens is 337 g/mol. The Bertz CT molecular complexity index is 759. The summed E-state index contributed by atoms with van der Waals surface area (Å²) in [5, 5.41) is 6.82. The highest BCUT2D eigenvalue weighted by Crippen LogP contribution is 2.31. The molecule has 1 atom stereocenters. The standard InChI is InChI=1S/C15H19F3N6O/c1-2-5-19-13(25)10-4-3-6-23(8-10)12-7-11(15(16,17)18)22-14-20-9-21-24(12)14/h7,9-10H,2-6,8H2,1H3,(H,19,25). The monoisotopic (exact) mass is 356 g/mol. The van der Waals surface area contributed by atoms with E-state index in [1.807, 2.05) is 6.92 Å². The summed E-state index contributed by atoms with van der Waals surface area (Å²) in [6.45, 7) is 3.44. The molecule has 2 aromatic heterocycles. The van der Waals surface area contributed by atoms with E-state index in [0.717, 1.165) is 12.5 Å². The summed E-state index contributed by atoms with van der Waals surface area (Å²) in [4.78, 5) is 21.2. The Balaban J connectivity index is 1.90. The number of rotatable bonds is 4. The van der Waals surface area contributed by atoms with Crippen LogP contribution in [0.3, 0.4) is 0 Å². The van der Waals surface area contributed by atoms with E-state index in [-0.39, 0.29) is 23.4 Å². The minimum absolute atomic E-state index is 0.0634. The lowest BCUT2D eigenvalue weighted by atomic mass is 9.97. The number of halogens is 3. The molecule has 136 valence electrons. The molecule has 25 heavy (non-hydrogen) atoms. The lowest BCUT2D eigenvalue weighted by molar-refractivity contribution is -0.141. The Labute approximate surface area is 142 Å². The lowest BCUT2D eigenvalue weighted by Crippen LogP contribution is -2.44. The zero-order valence-corrected chi connectivity index (χ0v) is 13.8. The van der Waals surface area contributed by atoms with E-state index in [2.05, 4.69) is 20.4 Å². The first-order valence-electron chi connectivity index (χ1n) is 8.20. The molecule has 0 aromatic carbocycles. The number of hydrogen-bond acceptors (Lipinski definition) is 5. The van der Waals surface area contributed by atoms with Gasteiger partial charge in [-0.3, -0.25) is 4.79 Å². The van der Waals surface area contributed by atoms with Gasteiger partial charge in [-0.15, -0.1) is 0 Å². The van der Waals surface area contributed by atoms with Crippen molar-refractivity contribution in [3.63, 3.8) is 0 Å². The molecule has 1 aliphatic rings. The first-order valence-corrected chi connectivity index (χ1v) is 8.20. The maximum Gasteiger partial charge on any atom is 0.433 e. The van der Waals surface area contributed by atoms with Crippen LogP contribution >= 0.6 is 0 Å². The summed E-state index contributed by atoms with van der Waals surface area (Å²) in [5.41, 5.74) is -1.01.